The predicted molar refractivity (Wildman–Crippen MR) is 76.9 cm³/mol. The Morgan fingerprint density at radius 1 is 1.43 bits per heavy atom. The highest BCUT2D eigenvalue weighted by molar-refractivity contribution is 5.87. The number of carbonyl (C=O) groups is 1. The first kappa shape index (κ1) is 14.5. The molecule has 0 aliphatic rings. The standard InChI is InChI=1S/C15H14N4O2/c1-9-5-14(13(7-16)10(2)19-9)18-8-12-6-11(15(20)21)3-4-17-12/h3-6H,8H2,1-2H3,(H,18,19)(H,20,21). The predicted octanol–water partition coefficient (Wildman–Crippen LogP) is 2.28. The van der Waals surface area contributed by atoms with Gasteiger partial charge in [0.25, 0.3) is 0 Å². The van der Waals surface area contributed by atoms with Gasteiger partial charge in [0.05, 0.1) is 34.7 Å². The number of aromatic nitrogens is 2. The van der Waals surface area contributed by atoms with Crippen molar-refractivity contribution in [1.82, 2.24) is 9.97 Å². The van der Waals surface area contributed by atoms with E-state index in [0.717, 1.165) is 5.69 Å². The van der Waals surface area contributed by atoms with E-state index in [0.29, 0.717) is 29.2 Å². The lowest BCUT2D eigenvalue weighted by Gasteiger charge is -2.10. The lowest BCUT2D eigenvalue weighted by molar-refractivity contribution is 0.0696. The van der Waals surface area contributed by atoms with Crippen LogP contribution in [-0.4, -0.2) is 21.0 Å². The number of nitrogens with zero attached hydrogens (tertiary/aromatic N) is 3. The van der Waals surface area contributed by atoms with Crippen molar-refractivity contribution < 1.29 is 9.90 Å². The Morgan fingerprint density at radius 3 is 2.86 bits per heavy atom. The molecule has 0 radical (unpaired) electrons. The van der Waals surface area contributed by atoms with Crippen molar-refractivity contribution in [2.45, 2.75) is 20.4 Å². The van der Waals surface area contributed by atoms with Gasteiger partial charge < -0.3 is 10.4 Å². The fraction of sp³-hybridized carbons (Fsp3) is 0.200. The van der Waals surface area contributed by atoms with Crippen LogP contribution in [0.3, 0.4) is 0 Å². The molecule has 0 unspecified atom stereocenters. The molecule has 0 amide bonds. The topological polar surface area (TPSA) is 98.9 Å². The van der Waals surface area contributed by atoms with E-state index in [-0.39, 0.29) is 5.56 Å². The number of anilines is 1. The van der Waals surface area contributed by atoms with Gasteiger partial charge >= 0.3 is 5.97 Å². The van der Waals surface area contributed by atoms with Gasteiger partial charge in [0.2, 0.25) is 0 Å². The number of aromatic carboxylic acids is 1. The first-order valence-corrected chi connectivity index (χ1v) is 6.31. The number of hydrogen-bond acceptors (Lipinski definition) is 5. The molecule has 0 fully saturated rings. The second-order valence-corrected chi connectivity index (χ2v) is 4.58. The minimum Gasteiger partial charge on any atom is -0.478 e. The van der Waals surface area contributed by atoms with Crippen molar-refractivity contribution in [3.05, 3.63) is 52.6 Å². The number of pyridine rings is 2. The molecule has 0 saturated carbocycles. The number of carboxylic acid groups (broad SMARTS) is 1. The van der Waals surface area contributed by atoms with Gasteiger partial charge in [-0.05, 0) is 32.0 Å². The maximum absolute atomic E-state index is 10.9. The molecule has 106 valence electrons. The van der Waals surface area contributed by atoms with Gasteiger partial charge in [-0.3, -0.25) is 9.97 Å². The third kappa shape index (κ3) is 3.34. The van der Waals surface area contributed by atoms with Gasteiger partial charge in [-0.2, -0.15) is 5.26 Å². The summed E-state index contributed by atoms with van der Waals surface area (Å²) in [6.45, 7) is 3.96. The molecule has 0 aliphatic carbocycles. The Bertz CT molecular complexity index is 735. The van der Waals surface area contributed by atoms with Gasteiger partial charge in [-0.15, -0.1) is 0 Å². The summed E-state index contributed by atoms with van der Waals surface area (Å²) in [5.41, 5.74) is 3.39. The SMILES string of the molecule is Cc1cc(NCc2cc(C(=O)O)ccn2)c(C#N)c(C)n1. The molecule has 0 atom stereocenters. The zero-order valence-electron chi connectivity index (χ0n) is 11.7. The third-order valence-corrected chi connectivity index (χ3v) is 2.96. The normalized spacial score (nSPS) is 9.95. The van der Waals surface area contributed by atoms with Crippen LogP contribution in [0.4, 0.5) is 5.69 Å². The molecule has 0 aromatic carbocycles. The smallest absolute Gasteiger partial charge is 0.335 e. The monoisotopic (exact) mass is 282 g/mol. The van der Waals surface area contributed by atoms with Crippen molar-refractivity contribution in [3.63, 3.8) is 0 Å². The van der Waals surface area contributed by atoms with Crippen LogP contribution in [0.1, 0.15) is 33.0 Å². The quantitative estimate of drug-likeness (QED) is 0.892. The van der Waals surface area contributed by atoms with Gasteiger partial charge in [-0.25, -0.2) is 4.79 Å². The fourth-order valence-electron chi connectivity index (χ4n) is 2.00. The lowest BCUT2D eigenvalue weighted by Crippen LogP contribution is -2.07. The fourth-order valence-corrected chi connectivity index (χ4v) is 2.00. The molecule has 2 aromatic heterocycles. The zero-order valence-corrected chi connectivity index (χ0v) is 11.7. The van der Waals surface area contributed by atoms with Gasteiger partial charge in [0.1, 0.15) is 6.07 Å². The molecule has 2 rings (SSSR count). The highest BCUT2D eigenvalue weighted by Crippen LogP contribution is 2.19. The van der Waals surface area contributed by atoms with Crippen molar-refractivity contribution in [1.29, 1.82) is 5.26 Å². The van der Waals surface area contributed by atoms with E-state index in [4.69, 9.17) is 5.11 Å². The van der Waals surface area contributed by atoms with Crippen LogP contribution in [0.25, 0.3) is 0 Å². The molecule has 0 aliphatic heterocycles. The minimum atomic E-state index is -0.994. The largest absolute Gasteiger partial charge is 0.478 e. The van der Waals surface area contributed by atoms with Crippen LogP contribution in [-0.2, 0) is 6.54 Å². The summed E-state index contributed by atoms with van der Waals surface area (Å²) in [7, 11) is 0. The molecule has 0 spiro atoms. The molecule has 21 heavy (non-hydrogen) atoms. The third-order valence-electron chi connectivity index (χ3n) is 2.96. The van der Waals surface area contributed by atoms with E-state index in [2.05, 4.69) is 21.4 Å². The van der Waals surface area contributed by atoms with E-state index < -0.39 is 5.97 Å². The minimum absolute atomic E-state index is 0.185. The summed E-state index contributed by atoms with van der Waals surface area (Å²) in [6.07, 6.45) is 1.45. The summed E-state index contributed by atoms with van der Waals surface area (Å²) in [4.78, 5) is 19.3. The van der Waals surface area contributed by atoms with Gasteiger partial charge in [0, 0.05) is 11.9 Å². The number of nitriles is 1. The molecule has 6 heteroatoms. The van der Waals surface area contributed by atoms with Crippen LogP contribution in [0.5, 0.6) is 0 Å². The number of hydrogen-bond donors (Lipinski definition) is 2. The van der Waals surface area contributed by atoms with Gasteiger partial charge in [0.15, 0.2) is 0 Å². The summed E-state index contributed by atoms with van der Waals surface area (Å²) in [5.74, 6) is -0.994. The summed E-state index contributed by atoms with van der Waals surface area (Å²) in [5, 5.41) is 21.2. The van der Waals surface area contributed by atoms with Crippen LogP contribution in [0.2, 0.25) is 0 Å². The van der Waals surface area contributed by atoms with E-state index in [1.54, 1.807) is 13.0 Å². The van der Waals surface area contributed by atoms with Crippen LogP contribution >= 0.6 is 0 Å². The van der Waals surface area contributed by atoms with Crippen molar-refractivity contribution in [3.8, 4) is 6.07 Å². The number of aryl methyl sites for hydroxylation is 2. The van der Waals surface area contributed by atoms with Crippen molar-refractivity contribution in [2.75, 3.05) is 5.32 Å². The van der Waals surface area contributed by atoms with E-state index in [1.165, 1.54) is 18.3 Å². The molecular formula is C15H14N4O2. The Morgan fingerprint density at radius 2 is 2.19 bits per heavy atom. The molecule has 2 heterocycles. The Kier molecular flexibility index (Phi) is 4.14. The molecule has 6 nitrogen and oxygen atoms in total. The highest BCUT2D eigenvalue weighted by atomic mass is 16.4. The Hall–Kier alpha value is -2.94. The first-order chi connectivity index (χ1) is 10.0. The first-order valence-electron chi connectivity index (χ1n) is 6.31. The summed E-state index contributed by atoms with van der Waals surface area (Å²) in [6, 6.07) is 6.84. The van der Waals surface area contributed by atoms with Crippen molar-refractivity contribution in [2.24, 2.45) is 0 Å². The lowest BCUT2D eigenvalue weighted by atomic mass is 10.1. The molecule has 2 aromatic rings. The summed E-state index contributed by atoms with van der Waals surface area (Å²) >= 11 is 0. The van der Waals surface area contributed by atoms with Crippen LogP contribution in [0, 0.1) is 25.2 Å². The van der Waals surface area contributed by atoms with Crippen molar-refractivity contribution >= 4 is 11.7 Å². The molecular weight excluding hydrogens is 268 g/mol. The summed E-state index contributed by atoms with van der Waals surface area (Å²) < 4.78 is 0. The zero-order chi connectivity index (χ0) is 15.4. The number of carboxylic acids is 1. The van der Waals surface area contributed by atoms with Crippen LogP contribution in [0.15, 0.2) is 24.4 Å². The maximum atomic E-state index is 10.9. The Labute approximate surface area is 122 Å². The number of rotatable bonds is 4. The van der Waals surface area contributed by atoms with Gasteiger partial charge in [-0.1, -0.05) is 0 Å². The van der Waals surface area contributed by atoms with E-state index >= 15 is 0 Å². The second kappa shape index (κ2) is 6.01. The average molecular weight is 282 g/mol. The molecule has 2 N–H and O–H groups in total. The Balaban J connectivity index is 2.23. The van der Waals surface area contributed by atoms with E-state index in [9.17, 15) is 10.1 Å². The molecule has 0 saturated heterocycles. The number of nitrogens with one attached hydrogen (secondary N) is 1. The maximum Gasteiger partial charge on any atom is 0.335 e. The van der Waals surface area contributed by atoms with Crippen LogP contribution < -0.4 is 5.32 Å². The second-order valence-electron chi connectivity index (χ2n) is 4.58. The van der Waals surface area contributed by atoms with E-state index in [1.807, 2.05) is 6.92 Å². The highest BCUT2D eigenvalue weighted by Gasteiger charge is 2.09. The molecule has 0 bridgehead atoms. The average Bonchev–Trinajstić information content (AvgIpc) is 2.45.